The van der Waals surface area contributed by atoms with Crippen molar-refractivity contribution in [3.8, 4) is 5.75 Å². The van der Waals surface area contributed by atoms with E-state index in [1.54, 1.807) is 4.90 Å². The Hall–Kier alpha value is -3.31. The van der Waals surface area contributed by atoms with E-state index in [0.717, 1.165) is 33.5 Å². The summed E-state index contributed by atoms with van der Waals surface area (Å²) < 4.78 is 0. The van der Waals surface area contributed by atoms with Crippen LogP contribution in [0.25, 0.3) is 6.08 Å². The molecule has 0 unspecified atom stereocenters. The molecular formula is C32H36N2O2S. The first-order chi connectivity index (χ1) is 17.3. The molecular weight excluding hydrogens is 476 g/mol. The highest BCUT2D eigenvalue weighted by atomic mass is 32.2. The molecule has 0 spiro atoms. The van der Waals surface area contributed by atoms with Gasteiger partial charge >= 0.3 is 0 Å². The third-order valence-corrected chi connectivity index (χ3v) is 7.38. The molecule has 1 heterocycles. The molecule has 0 atom stereocenters. The van der Waals surface area contributed by atoms with Crippen LogP contribution in [0, 0.1) is 6.92 Å². The molecule has 0 saturated carbocycles. The molecule has 1 aliphatic heterocycles. The molecule has 1 fully saturated rings. The number of benzene rings is 3. The van der Waals surface area contributed by atoms with Crippen LogP contribution in [0.15, 0.2) is 76.6 Å². The Kier molecular flexibility index (Phi) is 7.38. The fraction of sp³-hybridized carbons (Fsp3) is 0.312. The van der Waals surface area contributed by atoms with Crippen molar-refractivity contribution in [2.24, 2.45) is 4.99 Å². The van der Waals surface area contributed by atoms with Gasteiger partial charge in [-0.1, -0.05) is 89.6 Å². The molecule has 1 amide bonds. The summed E-state index contributed by atoms with van der Waals surface area (Å²) in [6.07, 6.45) is 1.94. The zero-order chi connectivity index (χ0) is 27.0. The van der Waals surface area contributed by atoms with Gasteiger partial charge in [-0.05, 0) is 71.0 Å². The maximum atomic E-state index is 13.7. The first-order valence-corrected chi connectivity index (χ1v) is 13.4. The van der Waals surface area contributed by atoms with Crippen molar-refractivity contribution in [1.82, 2.24) is 4.90 Å². The molecule has 0 aliphatic carbocycles. The van der Waals surface area contributed by atoms with Gasteiger partial charge in [0.25, 0.3) is 5.91 Å². The number of carbonyl (C=O) groups excluding carboxylic acids is 1. The van der Waals surface area contributed by atoms with E-state index in [-0.39, 0.29) is 16.7 Å². The average Bonchev–Trinajstić information content (AvgIpc) is 3.09. The molecule has 3 aromatic carbocycles. The number of carbonyl (C=O) groups is 1. The number of phenolic OH excluding ortho intramolecular Hbond substituents is 1. The SMILES string of the molecule is Cc1ccc(N=C2S/C(=C/c3cc(C(C)(C)C)c(O)c(C(C)(C)C)c3)C(=O)N2Cc2ccccc2)cc1. The van der Waals surface area contributed by atoms with Crippen molar-refractivity contribution in [2.45, 2.75) is 65.8 Å². The second-order valence-electron chi connectivity index (χ2n) is 11.7. The van der Waals surface area contributed by atoms with Crippen molar-refractivity contribution in [1.29, 1.82) is 0 Å². The monoisotopic (exact) mass is 512 g/mol. The zero-order valence-corrected chi connectivity index (χ0v) is 23.6. The zero-order valence-electron chi connectivity index (χ0n) is 22.8. The first kappa shape index (κ1) is 26.7. The summed E-state index contributed by atoms with van der Waals surface area (Å²) >= 11 is 1.40. The van der Waals surface area contributed by atoms with Gasteiger partial charge in [0, 0.05) is 11.1 Å². The summed E-state index contributed by atoms with van der Waals surface area (Å²) in [5.74, 6) is 0.266. The van der Waals surface area contributed by atoms with Crippen LogP contribution < -0.4 is 0 Å². The normalized spacial score (nSPS) is 16.7. The van der Waals surface area contributed by atoms with Gasteiger partial charge in [0.05, 0.1) is 17.1 Å². The number of hydrogen-bond donors (Lipinski definition) is 1. The minimum absolute atomic E-state index is 0.0672. The minimum atomic E-state index is -0.247. The number of phenols is 1. The Bertz CT molecular complexity index is 1320. The minimum Gasteiger partial charge on any atom is -0.507 e. The molecule has 4 nitrogen and oxygen atoms in total. The fourth-order valence-electron chi connectivity index (χ4n) is 4.26. The predicted octanol–water partition coefficient (Wildman–Crippen LogP) is 8.10. The van der Waals surface area contributed by atoms with E-state index in [2.05, 4.69) is 41.5 Å². The van der Waals surface area contributed by atoms with Crippen LogP contribution in [0.4, 0.5) is 5.69 Å². The topological polar surface area (TPSA) is 52.9 Å². The van der Waals surface area contributed by atoms with Crippen molar-refractivity contribution < 1.29 is 9.90 Å². The van der Waals surface area contributed by atoms with Crippen LogP contribution in [0.3, 0.4) is 0 Å². The van der Waals surface area contributed by atoms with Crippen LogP contribution in [0.2, 0.25) is 0 Å². The number of aromatic hydroxyl groups is 1. The number of aryl methyl sites for hydroxylation is 1. The highest BCUT2D eigenvalue weighted by molar-refractivity contribution is 8.18. The molecule has 1 N–H and O–H groups in total. The molecule has 1 aliphatic rings. The Morgan fingerprint density at radius 1 is 0.892 bits per heavy atom. The van der Waals surface area contributed by atoms with E-state index in [1.165, 1.54) is 11.8 Å². The lowest BCUT2D eigenvalue weighted by atomic mass is 9.78. The van der Waals surface area contributed by atoms with E-state index in [1.807, 2.05) is 79.7 Å². The lowest BCUT2D eigenvalue weighted by Crippen LogP contribution is -2.28. The number of thioether (sulfide) groups is 1. The molecule has 37 heavy (non-hydrogen) atoms. The highest BCUT2D eigenvalue weighted by Crippen LogP contribution is 2.41. The highest BCUT2D eigenvalue weighted by Gasteiger charge is 2.34. The van der Waals surface area contributed by atoms with Gasteiger partial charge in [0.1, 0.15) is 5.75 Å². The van der Waals surface area contributed by atoms with Crippen LogP contribution >= 0.6 is 11.8 Å². The van der Waals surface area contributed by atoms with Crippen molar-refractivity contribution in [3.63, 3.8) is 0 Å². The van der Waals surface area contributed by atoms with Crippen LogP contribution in [0.1, 0.15) is 69.4 Å². The predicted molar refractivity (Wildman–Crippen MR) is 156 cm³/mol. The number of aliphatic imine (C=N–C) groups is 1. The van der Waals surface area contributed by atoms with Gasteiger partial charge in [-0.25, -0.2) is 4.99 Å². The number of amides is 1. The van der Waals surface area contributed by atoms with E-state index < -0.39 is 0 Å². The van der Waals surface area contributed by atoms with Crippen LogP contribution in [-0.2, 0) is 22.2 Å². The van der Waals surface area contributed by atoms with Crippen molar-refractivity contribution in [2.75, 3.05) is 0 Å². The smallest absolute Gasteiger partial charge is 0.267 e. The van der Waals surface area contributed by atoms with Gasteiger partial charge < -0.3 is 5.11 Å². The van der Waals surface area contributed by atoms with Gasteiger partial charge in [0.15, 0.2) is 5.17 Å². The van der Waals surface area contributed by atoms with Gasteiger partial charge in [-0.15, -0.1) is 0 Å². The van der Waals surface area contributed by atoms with Gasteiger partial charge in [-0.2, -0.15) is 0 Å². The number of nitrogens with zero attached hydrogens (tertiary/aromatic N) is 2. The first-order valence-electron chi connectivity index (χ1n) is 12.6. The van der Waals surface area contributed by atoms with Crippen molar-refractivity contribution >= 4 is 34.6 Å². The summed E-state index contributed by atoms with van der Waals surface area (Å²) in [4.78, 5) is 20.9. The maximum absolute atomic E-state index is 13.7. The van der Waals surface area contributed by atoms with Crippen LogP contribution in [0.5, 0.6) is 5.75 Å². The van der Waals surface area contributed by atoms with Gasteiger partial charge in [0.2, 0.25) is 0 Å². The molecule has 4 rings (SSSR count). The lowest BCUT2D eigenvalue weighted by Gasteiger charge is -2.28. The van der Waals surface area contributed by atoms with E-state index in [4.69, 9.17) is 4.99 Å². The lowest BCUT2D eigenvalue weighted by molar-refractivity contribution is -0.122. The Balaban J connectivity index is 1.80. The standard InChI is InChI=1S/C32H36N2O2S/c1-21-13-15-24(16-14-21)33-30-34(20-22-11-9-8-10-12-22)29(36)27(37-30)19-23-17-25(31(2,3)4)28(35)26(18-23)32(5,6)7/h8-19,35H,20H2,1-7H3/b27-19+,33-30?. The fourth-order valence-corrected chi connectivity index (χ4v) is 5.26. The third-order valence-electron chi connectivity index (χ3n) is 6.38. The molecule has 3 aromatic rings. The summed E-state index contributed by atoms with van der Waals surface area (Å²) in [5, 5.41) is 11.8. The summed E-state index contributed by atoms with van der Waals surface area (Å²) in [7, 11) is 0. The number of amidine groups is 1. The summed E-state index contributed by atoms with van der Waals surface area (Å²) in [6, 6.07) is 22.0. The second kappa shape index (κ2) is 10.2. The Labute approximate surface area is 225 Å². The largest absolute Gasteiger partial charge is 0.507 e. The molecule has 192 valence electrons. The number of hydrogen-bond acceptors (Lipinski definition) is 4. The van der Waals surface area contributed by atoms with Crippen molar-refractivity contribution in [3.05, 3.63) is 99.5 Å². The number of rotatable bonds is 4. The molecule has 5 heteroatoms. The summed E-state index contributed by atoms with van der Waals surface area (Å²) in [5.41, 5.74) is 5.18. The average molecular weight is 513 g/mol. The molecule has 1 saturated heterocycles. The second-order valence-corrected chi connectivity index (χ2v) is 12.7. The van der Waals surface area contributed by atoms with E-state index in [9.17, 15) is 9.90 Å². The van der Waals surface area contributed by atoms with E-state index in [0.29, 0.717) is 22.4 Å². The maximum Gasteiger partial charge on any atom is 0.267 e. The van der Waals surface area contributed by atoms with Crippen LogP contribution in [-0.4, -0.2) is 21.1 Å². The molecule has 0 radical (unpaired) electrons. The molecule has 0 aromatic heterocycles. The molecule has 0 bridgehead atoms. The summed E-state index contributed by atoms with van der Waals surface area (Å²) in [6.45, 7) is 15.0. The van der Waals surface area contributed by atoms with E-state index >= 15 is 0 Å². The quantitative estimate of drug-likeness (QED) is 0.359. The Morgan fingerprint density at radius 2 is 1.46 bits per heavy atom. The van der Waals surface area contributed by atoms with Gasteiger partial charge in [-0.3, -0.25) is 9.69 Å². The Morgan fingerprint density at radius 3 is 2.00 bits per heavy atom. The third kappa shape index (κ3) is 6.16.